The molecule has 1 aliphatic heterocycles. The van der Waals surface area contributed by atoms with Crippen molar-refractivity contribution < 1.29 is 27.9 Å². The molecule has 7 heterocycles. The molecule has 0 saturated heterocycles. The molecule has 0 saturated carbocycles. The third kappa shape index (κ3) is 9.75. The molecular weight excluding hydrogens is 818 g/mol. The van der Waals surface area contributed by atoms with E-state index in [2.05, 4.69) is 51.4 Å². The summed E-state index contributed by atoms with van der Waals surface area (Å²) >= 11 is 0. The predicted octanol–water partition coefficient (Wildman–Crippen LogP) is 7.29. The van der Waals surface area contributed by atoms with Crippen LogP contribution in [0.3, 0.4) is 0 Å². The number of hydrogen-bond acceptors (Lipinski definition) is 11. The maximum atomic E-state index is 13.9. The van der Waals surface area contributed by atoms with Crippen molar-refractivity contribution in [2.75, 3.05) is 18.4 Å². The van der Waals surface area contributed by atoms with Crippen LogP contribution in [0.2, 0.25) is 0 Å². The second kappa shape index (κ2) is 18.7. The van der Waals surface area contributed by atoms with Gasteiger partial charge in [0, 0.05) is 61.2 Å². The van der Waals surface area contributed by atoms with Gasteiger partial charge in [0.15, 0.2) is 0 Å². The van der Waals surface area contributed by atoms with Crippen LogP contribution in [0.5, 0.6) is 0 Å². The second-order valence-corrected chi connectivity index (χ2v) is 14.4. The fourth-order valence-corrected chi connectivity index (χ4v) is 6.74. The summed E-state index contributed by atoms with van der Waals surface area (Å²) in [7, 11) is 3.69. The highest BCUT2D eigenvalue weighted by atomic mass is 19.4. The van der Waals surface area contributed by atoms with E-state index in [1.165, 1.54) is 34.7 Å². The molecule has 3 N–H and O–H groups in total. The Kier molecular flexibility index (Phi) is 13.9. The molecule has 0 unspecified atom stereocenters. The normalized spacial score (nSPS) is 12.4. The minimum absolute atomic E-state index is 0. The van der Waals surface area contributed by atoms with Crippen LogP contribution in [0, 0.1) is 34.6 Å². The first kappa shape index (κ1) is 46.7. The number of hydrogen-bond donors (Lipinski definition) is 3. The average molecular weight is 867 g/mol. The number of amides is 1. The van der Waals surface area contributed by atoms with Crippen LogP contribution in [0.15, 0.2) is 67.5 Å². The Morgan fingerprint density at radius 3 is 1.73 bits per heavy atom. The standard InChI is InChI=1S/C27H27F3N8O.C14H14N6O2.2CH4/c1-15-21(18-5-7-31-8-6-18)10-20(11-23(15)27(28,29)30)34-26(39)19-9-25(16(2)32-12-19)38-14-24(35-36-38)22-13-33-37(4)17(22)3;1-8-13(4-10(5-15-8)14(21)22)20-7-12(17-18-20)11-6-16-19(3)9(11)2;;/h5,9-14,31H,6-8H2,1-4H3,(H,34,39);4-7H,1-3H3,(H,21,22);2*1H4. The molecule has 0 atom stereocenters. The third-order valence-electron chi connectivity index (χ3n) is 10.5. The van der Waals surface area contributed by atoms with Gasteiger partial charge in [0.25, 0.3) is 5.91 Å². The van der Waals surface area contributed by atoms with Crippen LogP contribution in [0.25, 0.3) is 39.5 Å². The number of pyridine rings is 2. The summed E-state index contributed by atoms with van der Waals surface area (Å²) in [6, 6.07) is 5.68. The molecule has 1 amide bonds. The molecule has 0 aliphatic carbocycles. The molecule has 20 heteroatoms. The van der Waals surface area contributed by atoms with Gasteiger partial charge >= 0.3 is 12.1 Å². The first-order valence-corrected chi connectivity index (χ1v) is 18.9. The number of carboxylic acid groups (broad SMARTS) is 1. The average Bonchev–Trinajstić information content (AvgIpc) is 4.05. The van der Waals surface area contributed by atoms with Crippen molar-refractivity contribution in [3.63, 3.8) is 0 Å². The van der Waals surface area contributed by atoms with Gasteiger partial charge in [-0.2, -0.15) is 23.4 Å². The van der Waals surface area contributed by atoms with Crippen molar-refractivity contribution in [3.8, 4) is 33.9 Å². The van der Waals surface area contributed by atoms with E-state index in [9.17, 15) is 22.8 Å². The first-order valence-electron chi connectivity index (χ1n) is 18.9. The molecule has 0 bridgehead atoms. The lowest BCUT2D eigenvalue weighted by molar-refractivity contribution is -0.138. The van der Waals surface area contributed by atoms with Crippen LogP contribution >= 0.6 is 0 Å². The number of aromatic carboxylic acids is 1. The van der Waals surface area contributed by atoms with Gasteiger partial charge in [-0.25, -0.2) is 14.2 Å². The summed E-state index contributed by atoms with van der Waals surface area (Å²) in [6.07, 6.45) is 7.49. The summed E-state index contributed by atoms with van der Waals surface area (Å²) < 4.78 is 48.2. The number of benzene rings is 1. The predicted molar refractivity (Wildman–Crippen MR) is 232 cm³/mol. The van der Waals surface area contributed by atoms with Gasteiger partial charge in [-0.1, -0.05) is 31.4 Å². The lowest BCUT2D eigenvalue weighted by Crippen LogP contribution is -2.21. The zero-order valence-electron chi connectivity index (χ0n) is 34.2. The molecule has 17 nitrogen and oxygen atoms in total. The fourth-order valence-electron chi connectivity index (χ4n) is 6.74. The minimum Gasteiger partial charge on any atom is -0.478 e. The zero-order chi connectivity index (χ0) is 43.7. The van der Waals surface area contributed by atoms with E-state index in [-0.39, 0.29) is 37.2 Å². The van der Waals surface area contributed by atoms with E-state index < -0.39 is 23.6 Å². The molecule has 0 spiro atoms. The van der Waals surface area contributed by atoms with Gasteiger partial charge in [-0.05, 0) is 88.5 Å². The van der Waals surface area contributed by atoms with Crippen molar-refractivity contribution in [2.24, 2.45) is 14.1 Å². The van der Waals surface area contributed by atoms with Crippen molar-refractivity contribution in [1.82, 2.24) is 64.8 Å². The summed E-state index contributed by atoms with van der Waals surface area (Å²) in [5, 5.41) is 39.9. The fraction of sp³-hybridized carbons (Fsp3) is 0.302. The van der Waals surface area contributed by atoms with Gasteiger partial charge in [0.05, 0.1) is 64.2 Å². The SMILES string of the molecule is C.C.Cc1ncc(C(=O)Nc2cc(C3=CCNCC3)c(C)c(C(F)(F)F)c2)cc1-n1cc(-c2cnn(C)c2C)nn1.Cc1ncc(C(=O)O)cc1-n1cc(-c2cnn(C)c2C)nn1. The van der Waals surface area contributed by atoms with Crippen LogP contribution in [0.4, 0.5) is 18.9 Å². The molecule has 63 heavy (non-hydrogen) atoms. The Hall–Kier alpha value is -7.35. The van der Waals surface area contributed by atoms with E-state index in [1.54, 1.807) is 60.1 Å². The number of alkyl halides is 3. The molecule has 1 aliphatic rings. The monoisotopic (exact) mass is 866 g/mol. The van der Waals surface area contributed by atoms with E-state index in [0.717, 1.165) is 34.2 Å². The second-order valence-electron chi connectivity index (χ2n) is 14.4. The number of carbonyl (C=O) groups excluding carboxylic acids is 1. The number of nitrogens with zero attached hydrogens (tertiary/aromatic N) is 12. The minimum atomic E-state index is -4.57. The highest BCUT2D eigenvalue weighted by molar-refractivity contribution is 6.04. The van der Waals surface area contributed by atoms with Crippen LogP contribution < -0.4 is 10.6 Å². The largest absolute Gasteiger partial charge is 0.478 e. The van der Waals surface area contributed by atoms with Crippen molar-refractivity contribution in [1.29, 1.82) is 0 Å². The molecule has 1 aromatic carbocycles. The highest BCUT2D eigenvalue weighted by Gasteiger charge is 2.34. The van der Waals surface area contributed by atoms with E-state index in [1.807, 2.05) is 34.0 Å². The van der Waals surface area contributed by atoms with Gasteiger partial charge in [0.1, 0.15) is 11.4 Å². The van der Waals surface area contributed by atoms with Crippen LogP contribution in [-0.2, 0) is 20.3 Å². The van der Waals surface area contributed by atoms with Gasteiger partial charge in [0.2, 0.25) is 0 Å². The summed E-state index contributed by atoms with van der Waals surface area (Å²) in [6.45, 7) is 10.1. The number of aromatic nitrogens is 12. The summed E-state index contributed by atoms with van der Waals surface area (Å²) in [5.74, 6) is -1.62. The van der Waals surface area contributed by atoms with E-state index >= 15 is 0 Å². The van der Waals surface area contributed by atoms with Crippen molar-refractivity contribution in [3.05, 3.63) is 118 Å². The smallest absolute Gasteiger partial charge is 0.416 e. The molecule has 7 aromatic rings. The topological polar surface area (TPSA) is 201 Å². The van der Waals surface area contributed by atoms with E-state index in [0.29, 0.717) is 59.2 Å². The Balaban J connectivity index is 0.000000265. The number of nitrogens with one attached hydrogen (secondary N) is 2. The zero-order valence-corrected chi connectivity index (χ0v) is 34.2. The summed E-state index contributed by atoms with van der Waals surface area (Å²) in [5.41, 5.74) is 8.23. The summed E-state index contributed by atoms with van der Waals surface area (Å²) in [4.78, 5) is 32.7. The van der Waals surface area contributed by atoms with Gasteiger partial charge in [-0.15, -0.1) is 10.2 Å². The molecule has 0 radical (unpaired) electrons. The highest BCUT2D eigenvalue weighted by Crippen LogP contribution is 2.38. The van der Waals surface area contributed by atoms with Crippen LogP contribution in [0.1, 0.15) is 81.5 Å². The number of anilines is 1. The first-order chi connectivity index (χ1) is 29.0. The molecule has 6 aromatic heterocycles. The Morgan fingerprint density at radius 1 is 0.746 bits per heavy atom. The Labute approximate surface area is 361 Å². The quantitative estimate of drug-likeness (QED) is 0.138. The number of carboxylic acids is 1. The Morgan fingerprint density at radius 2 is 1.27 bits per heavy atom. The molecule has 0 fully saturated rings. The van der Waals surface area contributed by atoms with Crippen molar-refractivity contribution >= 4 is 23.1 Å². The number of rotatable bonds is 8. The number of aryl methyl sites for hydroxylation is 4. The molecule has 8 rings (SSSR count). The van der Waals surface area contributed by atoms with E-state index in [4.69, 9.17) is 5.11 Å². The van der Waals surface area contributed by atoms with Gasteiger partial charge in [-0.3, -0.25) is 24.1 Å². The van der Waals surface area contributed by atoms with Crippen molar-refractivity contribution in [2.45, 2.75) is 62.1 Å². The number of carbonyl (C=O) groups is 2. The lowest BCUT2D eigenvalue weighted by Gasteiger charge is -2.21. The number of halogens is 3. The maximum absolute atomic E-state index is 13.9. The third-order valence-corrected chi connectivity index (χ3v) is 10.5. The van der Waals surface area contributed by atoms with Crippen LogP contribution in [-0.4, -0.2) is 89.6 Å². The maximum Gasteiger partial charge on any atom is 0.416 e. The lowest BCUT2D eigenvalue weighted by atomic mass is 9.92. The molecule has 330 valence electrons. The van der Waals surface area contributed by atoms with Gasteiger partial charge < -0.3 is 15.7 Å². The molecular formula is C43H49F3N14O3. The Bertz CT molecular complexity index is 2830.